The van der Waals surface area contributed by atoms with Gasteiger partial charge in [0.15, 0.2) is 0 Å². The van der Waals surface area contributed by atoms with Crippen LogP contribution in [0.1, 0.15) is 43.9 Å². The Labute approximate surface area is 183 Å². The summed E-state index contributed by atoms with van der Waals surface area (Å²) >= 11 is 0. The van der Waals surface area contributed by atoms with Crippen LogP contribution >= 0.6 is 0 Å². The number of hydrogen-bond acceptors (Lipinski definition) is 4. The van der Waals surface area contributed by atoms with E-state index in [0.717, 1.165) is 11.3 Å². The van der Waals surface area contributed by atoms with Crippen LogP contribution in [0, 0.1) is 5.41 Å². The molecule has 8 nitrogen and oxygen atoms in total. The van der Waals surface area contributed by atoms with Crippen LogP contribution in [0.25, 0.3) is 11.4 Å². The number of amides is 3. The third-order valence-corrected chi connectivity index (χ3v) is 5.63. The van der Waals surface area contributed by atoms with Crippen LogP contribution in [-0.4, -0.2) is 58.4 Å². The van der Waals surface area contributed by atoms with E-state index in [9.17, 15) is 14.4 Å². The second kappa shape index (κ2) is 8.91. The first-order valence-corrected chi connectivity index (χ1v) is 10.6. The fraction of sp³-hybridized carbons (Fsp3) is 0.478. The maximum absolute atomic E-state index is 13.3. The molecule has 1 aromatic heterocycles. The minimum Gasteiger partial charge on any atom is -0.357 e. The zero-order valence-corrected chi connectivity index (χ0v) is 18.9. The Hall–Kier alpha value is -3.16. The van der Waals surface area contributed by atoms with Gasteiger partial charge in [-0.1, -0.05) is 51.1 Å². The standard InChI is InChI=1S/C23H31N5O3/c1-15(29)27-12-11-17-18(21(30)26-19(22(31)24-5)23(2,3)4)25-20(28(17)14-13-27)16-9-7-6-8-10-16/h6-10,19H,11-14H2,1-5H3,(H,24,31)(H,26,30)/t19-/m1/s1. The van der Waals surface area contributed by atoms with Gasteiger partial charge in [-0.15, -0.1) is 0 Å². The number of imidazole rings is 1. The second-order valence-corrected chi connectivity index (χ2v) is 8.89. The summed E-state index contributed by atoms with van der Waals surface area (Å²) < 4.78 is 2.03. The highest BCUT2D eigenvalue weighted by Crippen LogP contribution is 2.26. The van der Waals surface area contributed by atoms with E-state index in [1.807, 2.05) is 55.7 Å². The van der Waals surface area contributed by atoms with Crippen molar-refractivity contribution >= 4 is 17.7 Å². The number of likely N-dealkylation sites (N-methyl/N-ethyl adjacent to an activating group) is 1. The molecular formula is C23H31N5O3. The number of nitrogens with one attached hydrogen (secondary N) is 2. The fourth-order valence-corrected chi connectivity index (χ4v) is 3.88. The molecule has 1 aromatic carbocycles. The van der Waals surface area contributed by atoms with Crippen molar-refractivity contribution in [2.24, 2.45) is 5.41 Å². The monoisotopic (exact) mass is 425 g/mol. The van der Waals surface area contributed by atoms with Gasteiger partial charge < -0.3 is 20.1 Å². The van der Waals surface area contributed by atoms with Crippen LogP contribution in [0.2, 0.25) is 0 Å². The Morgan fingerprint density at radius 2 is 1.74 bits per heavy atom. The fourth-order valence-electron chi connectivity index (χ4n) is 3.88. The van der Waals surface area contributed by atoms with Crippen molar-refractivity contribution in [2.75, 3.05) is 20.1 Å². The minimum atomic E-state index is -0.706. The molecule has 0 aliphatic carbocycles. The van der Waals surface area contributed by atoms with Crippen molar-refractivity contribution in [3.05, 3.63) is 41.7 Å². The molecule has 3 amide bonds. The molecule has 0 spiro atoms. The van der Waals surface area contributed by atoms with E-state index in [2.05, 4.69) is 10.6 Å². The Morgan fingerprint density at radius 1 is 1.06 bits per heavy atom. The molecule has 1 aliphatic heterocycles. The van der Waals surface area contributed by atoms with Gasteiger partial charge in [-0.25, -0.2) is 4.98 Å². The Morgan fingerprint density at radius 3 is 2.32 bits per heavy atom. The Kier molecular flexibility index (Phi) is 6.48. The summed E-state index contributed by atoms with van der Waals surface area (Å²) in [5.74, 6) is 0.0692. The maximum atomic E-state index is 13.3. The zero-order chi connectivity index (χ0) is 22.8. The van der Waals surface area contributed by atoms with E-state index in [0.29, 0.717) is 37.6 Å². The van der Waals surface area contributed by atoms with Crippen LogP contribution in [0.3, 0.4) is 0 Å². The molecule has 3 rings (SSSR count). The zero-order valence-electron chi connectivity index (χ0n) is 18.9. The lowest BCUT2D eigenvalue weighted by Gasteiger charge is -2.29. The highest BCUT2D eigenvalue weighted by Gasteiger charge is 2.34. The molecule has 0 saturated carbocycles. The van der Waals surface area contributed by atoms with E-state index in [1.54, 1.807) is 18.9 Å². The van der Waals surface area contributed by atoms with Crippen molar-refractivity contribution in [1.82, 2.24) is 25.1 Å². The van der Waals surface area contributed by atoms with Gasteiger partial charge in [0.2, 0.25) is 11.8 Å². The smallest absolute Gasteiger partial charge is 0.272 e. The van der Waals surface area contributed by atoms with Gasteiger partial charge in [-0.3, -0.25) is 14.4 Å². The van der Waals surface area contributed by atoms with Crippen molar-refractivity contribution in [3.8, 4) is 11.4 Å². The minimum absolute atomic E-state index is 0.0124. The molecular weight excluding hydrogens is 394 g/mol. The molecule has 1 atom stereocenters. The largest absolute Gasteiger partial charge is 0.357 e. The van der Waals surface area contributed by atoms with Gasteiger partial charge in [0.05, 0.1) is 5.69 Å². The number of rotatable bonds is 4. The van der Waals surface area contributed by atoms with E-state index < -0.39 is 11.5 Å². The van der Waals surface area contributed by atoms with Crippen LogP contribution in [0.5, 0.6) is 0 Å². The first kappa shape index (κ1) is 22.5. The van der Waals surface area contributed by atoms with Crippen LogP contribution in [-0.2, 0) is 22.6 Å². The number of aromatic nitrogens is 2. The lowest BCUT2D eigenvalue weighted by molar-refractivity contribution is -0.128. The third kappa shape index (κ3) is 4.78. The molecule has 0 fully saturated rings. The van der Waals surface area contributed by atoms with Crippen molar-refractivity contribution in [3.63, 3.8) is 0 Å². The lowest BCUT2D eigenvalue weighted by Crippen LogP contribution is -2.53. The SMILES string of the molecule is CNC(=O)[C@@H](NC(=O)c1nc(-c2ccccc2)n2c1CCN(C(C)=O)CC2)C(C)(C)C. The van der Waals surface area contributed by atoms with Crippen molar-refractivity contribution in [1.29, 1.82) is 0 Å². The molecule has 0 saturated heterocycles. The summed E-state index contributed by atoms with van der Waals surface area (Å²) in [5.41, 5.74) is 1.52. The molecule has 2 heterocycles. The number of carbonyl (C=O) groups is 3. The highest BCUT2D eigenvalue weighted by molar-refractivity contribution is 5.98. The number of carbonyl (C=O) groups excluding carboxylic acids is 3. The van der Waals surface area contributed by atoms with Crippen molar-refractivity contribution < 1.29 is 14.4 Å². The molecule has 2 N–H and O–H groups in total. The molecule has 0 bridgehead atoms. The number of benzene rings is 1. The summed E-state index contributed by atoms with van der Waals surface area (Å²) in [5, 5.41) is 5.51. The van der Waals surface area contributed by atoms with Crippen LogP contribution < -0.4 is 10.6 Å². The average molecular weight is 426 g/mol. The topological polar surface area (TPSA) is 96.3 Å². The molecule has 1 aliphatic rings. The van der Waals surface area contributed by atoms with E-state index >= 15 is 0 Å². The van der Waals surface area contributed by atoms with Gasteiger partial charge in [-0.05, 0) is 5.41 Å². The normalized spacial score (nSPS) is 14.9. The summed E-state index contributed by atoms with van der Waals surface area (Å²) in [4.78, 5) is 44.2. The van der Waals surface area contributed by atoms with E-state index in [1.165, 1.54) is 0 Å². The quantitative estimate of drug-likeness (QED) is 0.781. The Balaban J connectivity index is 2.02. The van der Waals surface area contributed by atoms with Gasteiger partial charge in [0, 0.05) is 45.6 Å². The summed E-state index contributed by atoms with van der Waals surface area (Å²) in [6.07, 6.45) is 0.516. The maximum Gasteiger partial charge on any atom is 0.272 e. The van der Waals surface area contributed by atoms with Gasteiger partial charge in [-0.2, -0.15) is 0 Å². The highest BCUT2D eigenvalue weighted by atomic mass is 16.2. The first-order valence-electron chi connectivity index (χ1n) is 10.6. The second-order valence-electron chi connectivity index (χ2n) is 8.89. The predicted molar refractivity (Wildman–Crippen MR) is 118 cm³/mol. The molecule has 0 unspecified atom stereocenters. The van der Waals surface area contributed by atoms with E-state index in [-0.39, 0.29) is 17.7 Å². The number of hydrogen-bond donors (Lipinski definition) is 2. The number of nitrogens with zero attached hydrogens (tertiary/aromatic N) is 3. The number of fused-ring (bicyclic) bond motifs is 1. The molecule has 0 radical (unpaired) electrons. The van der Waals surface area contributed by atoms with Gasteiger partial charge in [0.25, 0.3) is 5.91 Å². The van der Waals surface area contributed by atoms with Crippen LogP contribution in [0.15, 0.2) is 30.3 Å². The molecule has 2 aromatic rings. The van der Waals surface area contributed by atoms with E-state index in [4.69, 9.17) is 4.98 Å². The van der Waals surface area contributed by atoms with Gasteiger partial charge >= 0.3 is 0 Å². The molecule has 166 valence electrons. The van der Waals surface area contributed by atoms with Crippen LogP contribution in [0.4, 0.5) is 0 Å². The lowest BCUT2D eigenvalue weighted by atomic mass is 9.86. The molecule has 8 heteroatoms. The third-order valence-electron chi connectivity index (χ3n) is 5.63. The van der Waals surface area contributed by atoms with Crippen molar-refractivity contribution in [2.45, 2.75) is 46.7 Å². The average Bonchev–Trinajstić information content (AvgIpc) is 2.94. The Bertz CT molecular complexity index is 975. The molecule has 31 heavy (non-hydrogen) atoms. The summed E-state index contributed by atoms with van der Waals surface area (Å²) in [6.45, 7) is 8.90. The summed E-state index contributed by atoms with van der Waals surface area (Å²) in [7, 11) is 1.56. The van der Waals surface area contributed by atoms with Gasteiger partial charge in [0.1, 0.15) is 17.6 Å². The predicted octanol–water partition coefficient (Wildman–Crippen LogP) is 1.85. The first-order chi connectivity index (χ1) is 14.6. The summed E-state index contributed by atoms with van der Waals surface area (Å²) in [6, 6.07) is 8.98.